The van der Waals surface area contributed by atoms with E-state index in [1.54, 1.807) is 6.92 Å². The third kappa shape index (κ3) is 5.19. The van der Waals surface area contributed by atoms with Gasteiger partial charge in [0.25, 0.3) is 0 Å². The summed E-state index contributed by atoms with van der Waals surface area (Å²) in [6.07, 6.45) is 0.564. The molecule has 5 heteroatoms. The van der Waals surface area contributed by atoms with Crippen LogP contribution in [0.3, 0.4) is 0 Å². The lowest BCUT2D eigenvalue weighted by atomic mass is 10.1. The van der Waals surface area contributed by atoms with E-state index in [0.717, 1.165) is 0 Å². The normalized spacial score (nSPS) is 11.9. The number of amides is 1. The molecule has 0 unspecified atom stereocenters. The second-order valence-electron chi connectivity index (χ2n) is 2.57. The first-order valence-corrected chi connectivity index (χ1v) is 4.24. The molecule has 0 aromatic carbocycles. The summed E-state index contributed by atoms with van der Waals surface area (Å²) in [5, 5.41) is 2.44. The van der Waals surface area contributed by atoms with Crippen molar-refractivity contribution >= 4 is 11.9 Å². The van der Waals surface area contributed by atoms with Crippen LogP contribution >= 0.6 is 0 Å². The summed E-state index contributed by atoms with van der Waals surface area (Å²) in [6, 6.07) is -0.697. The highest BCUT2D eigenvalue weighted by Gasteiger charge is 2.15. The van der Waals surface area contributed by atoms with Gasteiger partial charge in [-0.25, -0.2) is 0 Å². The molecular weight excluding hydrogens is 172 g/mol. The van der Waals surface area contributed by atoms with Gasteiger partial charge < -0.3 is 15.8 Å². The summed E-state index contributed by atoms with van der Waals surface area (Å²) < 4.78 is 4.67. The minimum atomic E-state index is -0.697. The molecule has 0 aliphatic rings. The van der Waals surface area contributed by atoms with Crippen molar-refractivity contribution in [2.45, 2.75) is 25.8 Å². The molecule has 76 valence electrons. The van der Waals surface area contributed by atoms with E-state index in [-0.39, 0.29) is 12.3 Å². The molecule has 1 atom stereocenters. The van der Waals surface area contributed by atoms with Crippen molar-refractivity contribution in [2.24, 2.45) is 5.73 Å². The minimum Gasteiger partial charge on any atom is -0.465 e. The van der Waals surface area contributed by atoms with Crippen molar-refractivity contribution in [3.05, 3.63) is 0 Å². The first kappa shape index (κ1) is 11.9. The molecule has 5 nitrogen and oxygen atoms in total. The van der Waals surface area contributed by atoms with Gasteiger partial charge in [-0.1, -0.05) is 0 Å². The quantitative estimate of drug-likeness (QED) is 0.565. The molecule has 0 rings (SSSR count). The fraction of sp³-hybridized carbons (Fsp3) is 0.750. The first-order chi connectivity index (χ1) is 6.11. The monoisotopic (exact) mass is 188 g/mol. The van der Waals surface area contributed by atoms with E-state index in [2.05, 4.69) is 10.1 Å². The number of ether oxygens (including phenoxy) is 1. The van der Waals surface area contributed by atoms with Gasteiger partial charge in [0, 0.05) is 13.5 Å². The molecule has 0 fully saturated rings. The summed E-state index contributed by atoms with van der Waals surface area (Å²) in [7, 11) is 1.54. The Hall–Kier alpha value is -1.10. The molecule has 0 saturated heterocycles. The molecule has 0 radical (unpaired) electrons. The van der Waals surface area contributed by atoms with E-state index in [4.69, 9.17) is 5.73 Å². The van der Waals surface area contributed by atoms with Crippen LogP contribution in [-0.4, -0.2) is 31.6 Å². The Kier molecular flexibility index (Phi) is 5.88. The van der Waals surface area contributed by atoms with Gasteiger partial charge in [-0.15, -0.1) is 0 Å². The molecule has 3 N–H and O–H groups in total. The molecule has 0 heterocycles. The van der Waals surface area contributed by atoms with Crippen LogP contribution in [0.25, 0.3) is 0 Å². The highest BCUT2D eigenvalue weighted by molar-refractivity contribution is 5.78. The Bertz CT molecular complexity index is 182. The number of hydrogen-bond acceptors (Lipinski definition) is 4. The van der Waals surface area contributed by atoms with Crippen LogP contribution in [0.4, 0.5) is 0 Å². The van der Waals surface area contributed by atoms with E-state index >= 15 is 0 Å². The van der Waals surface area contributed by atoms with Gasteiger partial charge in [-0.3, -0.25) is 9.59 Å². The topological polar surface area (TPSA) is 81.4 Å². The van der Waals surface area contributed by atoms with Crippen LogP contribution in [0, 0.1) is 0 Å². The van der Waals surface area contributed by atoms with Crippen LogP contribution in [0.15, 0.2) is 0 Å². The molecular formula is C8H16N2O3. The summed E-state index contributed by atoms with van der Waals surface area (Å²) >= 11 is 0. The van der Waals surface area contributed by atoms with Crippen molar-refractivity contribution < 1.29 is 14.3 Å². The zero-order chi connectivity index (χ0) is 10.3. The lowest BCUT2D eigenvalue weighted by Gasteiger charge is -2.09. The molecule has 0 aromatic heterocycles. The van der Waals surface area contributed by atoms with Crippen LogP contribution in [0.5, 0.6) is 0 Å². The average Bonchev–Trinajstić information content (AvgIpc) is 2.13. The van der Waals surface area contributed by atoms with Crippen molar-refractivity contribution in [1.82, 2.24) is 5.32 Å². The Morgan fingerprint density at radius 3 is 2.62 bits per heavy atom. The number of nitrogens with one attached hydrogen (secondary N) is 1. The van der Waals surface area contributed by atoms with E-state index in [1.807, 2.05) is 0 Å². The Balaban J connectivity index is 3.67. The summed E-state index contributed by atoms with van der Waals surface area (Å²) in [6.45, 7) is 2.02. The zero-order valence-corrected chi connectivity index (χ0v) is 8.00. The maximum absolute atomic E-state index is 11.0. The Morgan fingerprint density at radius 1 is 1.54 bits per heavy atom. The second kappa shape index (κ2) is 6.42. The number of carbonyl (C=O) groups is 2. The molecule has 0 aromatic rings. The van der Waals surface area contributed by atoms with Crippen molar-refractivity contribution in [3.8, 4) is 0 Å². The maximum Gasteiger partial charge on any atom is 0.322 e. The smallest absolute Gasteiger partial charge is 0.322 e. The standard InChI is InChI=1S/C8H16N2O3/c1-3-13-8(12)6(9)4-5-7(11)10-2/h6H,3-5,9H2,1-2H3,(H,10,11)/t6-/m0/s1. The highest BCUT2D eigenvalue weighted by Crippen LogP contribution is 1.96. The van der Waals surface area contributed by atoms with Crippen LogP contribution in [0.1, 0.15) is 19.8 Å². The van der Waals surface area contributed by atoms with Gasteiger partial charge in [0.15, 0.2) is 0 Å². The predicted molar refractivity (Wildman–Crippen MR) is 47.9 cm³/mol. The van der Waals surface area contributed by atoms with Crippen molar-refractivity contribution in [2.75, 3.05) is 13.7 Å². The fourth-order valence-corrected chi connectivity index (χ4v) is 0.779. The minimum absolute atomic E-state index is 0.125. The second-order valence-corrected chi connectivity index (χ2v) is 2.57. The fourth-order valence-electron chi connectivity index (χ4n) is 0.779. The van der Waals surface area contributed by atoms with E-state index < -0.39 is 12.0 Å². The molecule has 0 bridgehead atoms. The van der Waals surface area contributed by atoms with Gasteiger partial charge in [0.05, 0.1) is 6.61 Å². The van der Waals surface area contributed by atoms with Gasteiger partial charge >= 0.3 is 5.97 Å². The number of rotatable bonds is 5. The largest absolute Gasteiger partial charge is 0.465 e. The van der Waals surface area contributed by atoms with Gasteiger partial charge in [-0.05, 0) is 13.3 Å². The molecule has 0 aliphatic heterocycles. The molecule has 0 spiro atoms. The van der Waals surface area contributed by atoms with Crippen molar-refractivity contribution in [1.29, 1.82) is 0 Å². The lowest BCUT2D eigenvalue weighted by molar-refractivity contribution is -0.144. The summed E-state index contributed by atoms with van der Waals surface area (Å²) in [4.78, 5) is 21.7. The predicted octanol–water partition coefficient (Wildman–Crippen LogP) is -0.597. The zero-order valence-electron chi connectivity index (χ0n) is 8.00. The van der Waals surface area contributed by atoms with E-state index in [9.17, 15) is 9.59 Å². The van der Waals surface area contributed by atoms with E-state index in [1.165, 1.54) is 7.05 Å². The van der Waals surface area contributed by atoms with Crippen LogP contribution < -0.4 is 11.1 Å². The molecule has 13 heavy (non-hydrogen) atoms. The van der Waals surface area contributed by atoms with E-state index in [0.29, 0.717) is 13.0 Å². The van der Waals surface area contributed by atoms with Gasteiger partial charge in [-0.2, -0.15) is 0 Å². The van der Waals surface area contributed by atoms with Crippen molar-refractivity contribution in [3.63, 3.8) is 0 Å². The summed E-state index contributed by atoms with van der Waals surface area (Å²) in [5.41, 5.74) is 5.45. The Labute approximate surface area is 77.6 Å². The maximum atomic E-state index is 11.0. The molecule has 0 aliphatic carbocycles. The van der Waals surface area contributed by atoms with Crippen LogP contribution in [-0.2, 0) is 14.3 Å². The number of carbonyl (C=O) groups excluding carboxylic acids is 2. The third-order valence-corrected chi connectivity index (χ3v) is 1.55. The summed E-state index contributed by atoms with van der Waals surface area (Å²) in [5.74, 6) is -0.578. The average molecular weight is 188 g/mol. The third-order valence-electron chi connectivity index (χ3n) is 1.55. The number of nitrogens with two attached hydrogens (primary N) is 1. The Morgan fingerprint density at radius 2 is 2.15 bits per heavy atom. The van der Waals surface area contributed by atoms with Gasteiger partial charge in [0.1, 0.15) is 6.04 Å². The molecule has 1 amide bonds. The molecule has 0 saturated carbocycles. The first-order valence-electron chi connectivity index (χ1n) is 4.24. The SMILES string of the molecule is CCOC(=O)[C@@H](N)CCC(=O)NC. The highest BCUT2D eigenvalue weighted by atomic mass is 16.5. The number of hydrogen-bond donors (Lipinski definition) is 2. The van der Waals surface area contributed by atoms with Gasteiger partial charge in [0.2, 0.25) is 5.91 Å². The lowest BCUT2D eigenvalue weighted by Crippen LogP contribution is -2.33. The number of esters is 1. The van der Waals surface area contributed by atoms with Crippen LogP contribution in [0.2, 0.25) is 0 Å².